The van der Waals surface area contributed by atoms with Crippen molar-refractivity contribution in [3.8, 4) is 0 Å². The highest BCUT2D eigenvalue weighted by Crippen LogP contribution is 2.02. The van der Waals surface area contributed by atoms with Gasteiger partial charge in [-0.05, 0) is 19.9 Å². The van der Waals surface area contributed by atoms with E-state index in [2.05, 4.69) is 24.1 Å². The molecule has 15 heavy (non-hydrogen) atoms. The third-order valence-corrected chi connectivity index (χ3v) is 2.59. The van der Waals surface area contributed by atoms with Crippen molar-refractivity contribution in [2.75, 3.05) is 7.05 Å². The van der Waals surface area contributed by atoms with Gasteiger partial charge in [0.1, 0.15) is 0 Å². The van der Waals surface area contributed by atoms with Gasteiger partial charge in [0.15, 0.2) is 0 Å². The first kappa shape index (κ1) is 11.9. The van der Waals surface area contributed by atoms with Crippen LogP contribution in [0.15, 0.2) is 17.2 Å². The summed E-state index contributed by atoms with van der Waals surface area (Å²) in [6.07, 6.45) is 1.62. The second kappa shape index (κ2) is 5.07. The lowest BCUT2D eigenvalue weighted by Crippen LogP contribution is -2.38. The van der Waals surface area contributed by atoms with Crippen LogP contribution in [0.25, 0.3) is 0 Å². The van der Waals surface area contributed by atoms with E-state index in [1.54, 1.807) is 17.0 Å². The minimum absolute atomic E-state index is 0.0170. The van der Waals surface area contributed by atoms with Crippen molar-refractivity contribution in [1.82, 2.24) is 14.9 Å². The fourth-order valence-corrected chi connectivity index (χ4v) is 1.50. The highest BCUT2D eigenvalue weighted by molar-refractivity contribution is 4.96. The molecule has 0 bridgehead atoms. The fraction of sp³-hybridized carbons (Fsp3) is 0.636. The lowest BCUT2D eigenvalue weighted by atomic mass is 10.1. The molecule has 1 aromatic rings. The first-order valence-electron chi connectivity index (χ1n) is 5.25. The molecule has 1 rings (SSSR count). The van der Waals surface area contributed by atoms with Crippen LogP contribution in [0.2, 0.25) is 0 Å². The summed E-state index contributed by atoms with van der Waals surface area (Å²) in [5.74, 6) is 0.489. The van der Waals surface area contributed by atoms with Crippen molar-refractivity contribution < 1.29 is 0 Å². The predicted octanol–water partition coefficient (Wildman–Crippen LogP) is 0.796. The van der Waals surface area contributed by atoms with E-state index in [0.717, 1.165) is 5.69 Å². The minimum Gasteiger partial charge on any atom is -0.315 e. The molecule has 0 radical (unpaired) electrons. The fourth-order valence-electron chi connectivity index (χ4n) is 1.50. The van der Waals surface area contributed by atoms with Crippen LogP contribution in [0.4, 0.5) is 0 Å². The molecule has 0 spiro atoms. The van der Waals surface area contributed by atoms with Gasteiger partial charge in [-0.15, -0.1) is 0 Å². The molecule has 0 amide bonds. The first-order valence-corrected chi connectivity index (χ1v) is 5.25. The topological polar surface area (TPSA) is 46.9 Å². The summed E-state index contributed by atoms with van der Waals surface area (Å²) in [7, 11) is 1.91. The number of aromatic nitrogens is 2. The summed E-state index contributed by atoms with van der Waals surface area (Å²) in [5, 5.41) is 3.20. The molecule has 1 heterocycles. The molecule has 0 fully saturated rings. The number of hydrogen-bond acceptors (Lipinski definition) is 3. The average Bonchev–Trinajstić information content (AvgIpc) is 2.16. The first-order chi connectivity index (χ1) is 7.04. The summed E-state index contributed by atoms with van der Waals surface area (Å²) in [6, 6.07) is 1.86. The van der Waals surface area contributed by atoms with Gasteiger partial charge >= 0.3 is 0 Å². The molecule has 0 aliphatic heterocycles. The maximum absolute atomic E-state index is 11.6. The Labute approximate surface area is 90.3 Å². The molecule has 4 heteroatoms. The summed E-state index contributed by atoms with van der Waals surface area (Å²) in [4.78, 5) is 15.7. The molecule has 84 valence electrons. The molecule has 0 aromatic carbocycles. The Morgan fingerprint density at radius 3 is 2.67 bits per heavy atom. The Hall–Kier alpha value is -1.16. The van der Waals surface area contributed by atoms with Crippen LogP contribution in [0.1, 0.15) is 19.5 Å². The summed E-state index contributed by atoms with van der Waals surface area (Å²) < 4.78 is 1.65. The van der Waals surface area contributed by atoms with Crippen LogP contribution >= 0.6 is 0 Å². The van der Waals surface area contributed by atoms with Gasteiger partial charge in [0.25, 0.3) is 5.56 Å². The highest BCUT2D eigenvalue weighted by Gasteiger charge is 2.11. The van der Waals surface area contributed by atoms with Crippen LogP contribution in [0, 0.1) is 12.8 Å². The number of hydrogen-bond donors (Lipinski definition) is 1. The Morgan fingerprint density at radius 2 is 2.20 bits per heavy atom. The molecule has 1 atom stereocenters. The van der Waals surface area contributed by atoms with E-state index in [1.165, 1.54) is 0 Å². The van der Waals surface area contributed by atoms with E-state index in [4.69, 9.17) is 0 Å². The molecule has 4 nitrogen and oxygen atoms in total. The van der Waals surface area contributed by atoms with Crippen molar-refractivity contribution in [1.29, 1.82) is 0 Å². The molecule has 1 N–H and O–H groups in total. The zero-order valence-corrected chi connectivity index (χ0v) is 9.82. The van der Waals surface area contributed by atoms with Gasteiger partial charge in [-0.2, -0.15) is 0 Å². The third-order valence-electron chi connectivity index (χ3n) is 2.59. The second-order valence-electron chi connectivity index (χ2n) is 4.16. The number of nitrogens with one attached hydrogen (secondary N) is 1. The van der Waals surface area contributed by atoms with Crippen LogP contribution in [0.5, 0.6) is 0 Å². The number of aryl methyl sites for hydroxylation is 1. The monoisotopic (exact) mass is 209 g/mol. The van der Waals surface area contributed by atoms with Gasteiger partial charge in [0.2, 0.25) is 0 Å². The summed E-state index contributed by atoms with van der Waals surface area (Å²) >= 11 is 0. The zero-order valence-electron chi connectivity index (χ0n) is 9.82. The number of nitrogens with zero attached hydrogens (tertiary/aromatic N) is 2. The van der Waals surface area contributed by atoms with Crippen molar-refractivity contribution in [2.45, 2.75) is 33.4 Å². The highest BCUT2D eigenvalue weighted by atomic mass is 16.1. The Morgan fingerprint density at radius 1 is 1.53 bits per heavy atom. The molecule has 0 aliphatic rings. The third kappa shape index (κ3) is 3.16. The van der Waals surface area contributed by atoms with Crippen molar-refractivity contribution in [3.05, 3.63) is 28.4 Å². The SMILES string of the molecule is CNC(Cn1cnc(C)cc1=O)C(C)C. The summed E-state index contributed by atoms with van der Waals surface area (Å²) in [5.41, 5.74) is 0.783. The molecular weight excluding hydrogens is 190 g/mol. The van der Waals surface area contributed by atoms with Gasteiger partial charge in [-0.25, -0.2) is 4.98 Å². The van der Waals surface area contributed by atoms with Gasteiger partial charge in [0.05, 0.1) is 6.33 Å². The van der Waals surface area contributed by atoms with Gasteiger partial charge in [-0.1, -0.05) is 13.8 Å². The largest absolute Gasteiger partial charge is 0.315 e. The molecule has 1 aromatic heterocycles. The van der Waals surface area contributed by atoms with Crippen LogP contribution < -0.4 is 10.9 Å². The maximum atomic E-state index is 11.6. The quantitative estimate of drug-likeness (QED) is 0.797. The predicted molar refractivity (Wildman–Crippen MR) is 60.9 cm³/mol. The Bertz CT molecular complexity index is 370. The lowest BCUT2D eigenvalue weighted by Gasteiger charge is -2.20. The molecule has 0 saturated heterocycles. The van der Waals surface area contributed by atoms with Crippen molar-refractivity contribution >= 4 is 0 Å². The Balaban J connectivity index is 2.84. The summed E-state index contributed by atoms with van der Waals surface area (Å²) in [6.45, 7) is 6.76. The molecular formula is C11H19N3O. The molecule has 1 unspecified atom stereocenters. The van der Waals surface area contributed by atoms with Crippen LogP contribution in [-0.2, 0) is 6.54 Å². The van der Waals surface area contributed by atoms with Gasteiger partial charge < -0.3 is 5.32 Å². The minimum atomic E-state index is 0.0170. The second-order valence-corrected chi connectivity index (χ2v) is 4.16. The van der Waals surface area contributed by atoms with Gasteiger partial charge in [-0.3, -0.25) is 9.36 Å². The smallest absolute Gasteiger partial charge is 0.253 e. The standard InChI is InChI=1S/C11H19N3O/c1-8(2)10(12-4)6-14-7-13-9(3)5-11(14)15/h5,7-8,10,12H,6H2,1-4H3. The van der Waals surface area contributed by atoms with Crippen LogP contribution in [0.3, 0.4) is 0 Å². The molecule has 0 saturated carbocycles. The van der Waals surface area contributed by atoms with Gasteiger partial charge in [0, 0.05) is 24.3 Å². The van der Waals surface area contributed by atoms with Crippen LogP contribution in [-0.4, -0.2) is 22.6 Å². The molecule has 0 aliphatic carbocycles. The Kier molecular flexibility index (Phi) is 4.03. The average molecular weight is 209 g/mol. The lowest BCUT2D eigenvalue weighted by molar-refractivity contribution is 0.371. The maximum Gasteiger partial charge on any atom is 0.253 e. The van der Waals surface area contributed by atoms with E-state index in [9.17, 15) is 4.79 Å². The van der Waals surface area contributed by atoms with E-state index < -0.39 is 0 Å². The van der Waals surface area contributed by atoms with Crippen molar-refractivity contribution in [3.63, 3.8) is 0 Å². The van der Waals surface area contributed by atoms with Crippen molar-refractivity contribution in [2.24, 2.45) is 5.92 Å². The number of likely N-dealkylation sites (N-methyl/N-ethyl adjacent to an activating group) is 1. The van der Waals surface area contributed by atoms with E-state index in [0.29, 0.717) is 18.5 Å². The number of rotatable bonds is 4. The van der Waals surface area contributed by atoms with E-state index >= 15 is 0 Å². The zero-order chi connectivity index (χ0) is 11.4. The van der Waals surface area contributed by atoms with E-state index in [-0.39, 0.29) is 5.56 Å². The normalized spacial score (nSPS) is 13.1. The van der Waals surface area contributed by atoms with E-state index in [1.807, 2.05) is 14.0 Å².